The minimum absolute atomic E-state index is 0.173. The van der Waals surface area contributed by atoms with E-state index < -0.39 is 0 Å². The molecule has 3 aromatic rings. The molecule has 6 nitrogen and oxygen atoms in total. The molecule has 3 rings (SSSR count). The van der Waals surface area contributed by atoms with Gasteiger partial charge in [-0.15, -0.1) is 11.3 Å². The number of rotatable bonds is 4. The average molecular weight is 343 g/mol. The Hall–Kier alpha value is -2.67. The van der Waals surface area contributed by atoms with Crippen LogP contribution in [-0.4, -0.2) is 30.1 Å². The standard InChI is InChI=1S/C17H17N3O3S/c1-10-11(2)24-16-15(10)17(21)20(9-18-16)19-8-12-5-13(22-3)7-14(6-12)23-4/h5-9H,1-4H3/b19-8+. The Labute approximate surface area is 143 Å². The fourth-order valence-electron chi connectivity index (χ4n) is 2.34. The number of hydrogen-bond donors (Lipinski definition) is 0. The molecule has 24 heavy (non-hydrogen) atoms. The van der Waals surface area contributed by atoms with Crippen molar-refractivity contribution in [3.8, 4) is 11.5 Å². The molecule has 0 aliphatic rings. The van der Waals surface area contributed by atoms with Crippen LogP contribution in [0, 0.1) is 13.8 Å². The van der Waals surface area contributed by atoms with Gasteiger partial charge in [0.2, 0.25) is 0 Å². The molecule has 0 N–H and O–H groups in total. The number of benzene rings is 1. The third kappa shape index (κ3) is 2.90. The van der Waals surface area contributed by atoms with Crippen molar-refractivity contribution in [3.05, 3.63) is 50.9 Å². The first-order valence-corrected chi connectivity index (χ1v) is 8.10. The van der Waals surface area contributed by atoms with E-state index in [0.29, 0.717) is 16.9 Å². The van der Waals surface area contributed by atoms with E-state index in [-0.39, 0.29) is 5.56 Å². The Kier molecular flexibility index (Phi) is 4.35. The van der Waals surface area contributed by atoms with Gasteiger partial charge in [0.25, 0.3) is 5.56 Å². The van der Waals surface area contributed by atoms with Gasteiger partial charge >= 0.3 is 0 Å². The predicted molar refractivity (Wildman–Crippen MR) is 95.9 cm³/mol. The van der Waals surface area contributed by atoms with Crippen molar-refractivity contribution in [2.24, 2.45) is 5.10 Å². The van der Waals surface area contributed by atoms with Crippen molar-refractivity contribution in [3.63, 3.8) is 0 Å². The monoisotopic (exact) mass is 343 g/mol. The van der Waals surface area contributed by atoms with Gasteiger partial charge in [-0.3, -0.25) is 4.79 Å². The van der Waals surface area contributed by atoms with Crippen molar-refractivity contribution >= 4 is 27.8 Å². The van der Waals surface area contributed by atoms with Crippen LogP contribution in [-0.2, 0) is 0 Å². The molecule has 0 spiro atoms. The Morgan fingerprint density at radius 2 is 1.83 bits per heavy atom. The van der Waals surface area contributed by atoms with Crippen molar-refractivity contribution in [1.29, 1.82) is 0 Å². The summed E-state index contributed by atoms with van der Waals surface area (Å²) in [7, 11) is 3.17. The van der Waals surface area contributed by atoms with Gasteiger partial charge in [-0.1, -0.05) is 0 Å². The van der Waals surface area contributed by atoms with Gasteiger partial charge in [-0.25, -0.2) is 4.98 Å². The zero-order valence-corrected chi connectivity index (χ0v) is 14.7. The first-order valence-electron chi connectivity index (χ1n) is 7.28. The van der Waals surface area contributed by atoms with E-state index >= 15 is 0 Å². The number of methoxy groups -OCH3 is 2. The first-order chi connectivity index (χ1) is 11.5. The molecule has 2 aromatic heterocycles. The second kappa shape index (κ2) is 6.45. The number of aryl methyl sites for hydroxylation is 2. The highest BCUT2D eigenvalue weighted by Gasteiger charge is 2.11. The Bertz CT molecular complexity index is 966. The maximum atomic E-state index is 12.6. The molecule has 0 atom stereocenters. The highest BCUT2D eigenvalue weighted by Crippen LogP contribution is 2.25. The molecule has 0 saturated carbocycles. The van der Waals surface area contributed by atoms with Crippen LogP contribution in [0.15, 0.2) is 34.4 Å². The summed E-state index contributed by atoms with van der Waals surface area (Å²) in [5.41, 5.74) is 1.55. The molecule has 0 saturated heterocycles. The highest BCUT2D eigenvalue weighted by atomic mass is 32.1. The first kappa shape index (κ1) is 16.2. The van der Waals surface area contributed by atoms with Crippen LogP contribution in [0.3, 0.4) is 0 Å². The minimum atomic E-state index is -0.173. The molecule has 7 heteroatoms. The van der Waals surface area contributed by atoms with Gasteiger partial charge < -0.3 is 9.47 Å². The van der Waals surface area contributed by atoms with Crippen molar-refractivity contribution in [2.45, 2.75) is 13.8 Å². The number of hydrogen-bond acceptors (Lipinski definition) is 6. The Balaban J connectivity index is 2.04. The normalized spacial score (nSPS) is 11.3. The third-order valence-electron chi connectivity index (χ3n) is 3.78. The highest BCUT2D eigenvalue weighted by molar-refractivity contribution is 7.18. The lowest BCUT2D eigenvalue weighted by Crippen LogP contribution is -2.16. The summed E-state index contributed by atoms with van der Waals surface area (Å²) in [5, 5.41) is 4.86. The van der Waals surface area contributed by atoms with Crippen molar-refractivity contribution in [1.82, 2.24) is 9.66 Å². The maximum absolute atomic E-state index is 12.6. The maximum Gasteiger partial charge on any atom is 0.282 e. The third-order valence-corrected chi connectivity index (χ3v) is 4.89. The predicted octanol–water partition coefficient (Wildman–Crippen LogP) is 2.97. The lowest BCUT2D eigenvalue weighted by atomic mass is 10.2. The fraction of sp³-hybridized carbons (Fsp3) is 0.235. The summed E-state index contributed by atoms with van der Waals surface area (Å²) < 4.78 is 11.7. The van der Waals surface area contributed by atoms with E-state index in [1.165, 1.54) is 22.3 Å². The van der Waals surface area contributed by atoms with Gasteiger partial charge in [-0.2, -0.15) is 9.78 Å². The SMILES string of the molecule is COc1cc(/C=N/n2cnc3sc(C)c(C)c3c2=O)cc(OC)c1. The molecule has 0 radical (unpaired) electrons. The van der Waals surface area contributed by atoms with E-state index in [2.05, 4.69) is 10.1 Å². The molecule has 2 heterocycles. The van der Waals surface area contributed by atoms with E-state index in [1.54, 1.807) is 26.5 Å². The second-order valence-corrected chi connectivity index (χ2v) is 6.45. The van der Waals surface area contributed by atoms with Crippen molar-refractivity contribution < 1.29 is 9.47 Å². The molecule has 0 aliphatic heterocycles. The van der Waals surface area contributed by atoms with Gasteiger partial charge in [0.05, 0.1) is 25.8 Å². The van der Waals surface area contributed by atoms with Crippen LogP contribution in [0.1, 0.15) is 16.0 Å². The quantitative estimate of drug-likeness (QED) is 0.683. The van der Waals surface area contributed by atoms with Gasteiger partial charge in [0.15, 0.2) is 0 Å². The van der Waals surface area contributed by atoms with E-state index in [9.17, 15) is 4.79 Å². The lowest BCUT2D eigenvalue weighted by molar-refractivity contribution is 0.394. The smallest absolute Gasteiger partial charge is 0.282 e. The summed E-state index contributed by atoms with van der Waals surface area (Å²) in [5.74, 6) is 1.31. The van der Waals surface area contributed by atoms with Crippen molar-refractivity contribution in [2.75, 3.05) is 14.2 Å². The summed E-state index contributed by atoms with van der Waals surface area (Å²) >= 11 is 1.52. The molecular formula is C17H17N3O3S. The van der Waals surface area contributed by atoms with Crippen LogP contribution < -0.4 is 15.0 Å². The second-order valence-electron chi connectivity index (χ2n) is 5.25. The number of fused-ring (bicyclic) bond motifs is 1. The fourth-order valence-corrected chi connectivity index (χ4v) is 3.33. The molecule has 0 unspecified atom stereocenters. The van der Waals surface area contributed by atoms with Crippen LogP contribution in [0.5, 0.6) is 11.5 Å². The summed E-state index contributed by atoms with van der Waals surface area (Å²) in [4.78, 5) is 18.8. The number of aromatic nitrogens is 2. The number of nitrogens with zero attached hydrogens (tertiary/aromatic N) is 3. The van der Waals surface area contributed by atoms with Gasteiger partial charge in [0.1, 0.15) is 22.7 Å². The topological polar surface area (TPSA) is 65.7 Å². The molecule has 0 aliphatic carbocycles. The molecule has 124 valence electrons. The van der Waals surface area contributed by atoms with Crippen LogP contribution in [0.2, 0.25) is 0 Å². The largest absolute Gasteiger partial charge is 0.497 e. The molecular weight excluding hydrogens is 326 g/mol. The molecule has 0 fully saturated rings. The minimum Gasteiger partial charge on any atom is -0.497 e. The Morgan fingerprint density at radius 1 is 1.17 bits per heavy atom. The summed E-state index contributed by atoms with van der Waals surface area (Å²) in [6.07, 6.45) is 3.02. The van der Waals surface area contributed by atoms with E-state index in [0.717, 1.165) is 20.8 Å². The molecule has 0 bridgehead atoms. The zero-order valence-electron chi connectivity index (χ0n) is 13.9. The Morgan fingerprint density at radius 3 is 2.46 bits per heavy atom. The number of ether oxygens (including phenoxy) is 2. The number of thiophene rings is 1. The van der Waals surface area contributed by atoms with Crippen LogP contribution in [0.25, 0.3) is 10.2 Å². The zero-order chi connectivity index (χ0) is 17.3. The van der Waals surface area contributed by atoms with Gasteiger partial charge in [0, 0.05) is 16.5 Å². The van der Waals surface area contributed by atoms with Crippen LogP contribution >= 0.6 is 11.3 Å². The molecule has 0 amide bonds. The van der Waals surface area contributed by atoms with Crippen LogP contribution in [0.4, 0.5) is 0 Å². The summed E-state index contributed by atoms with van der Waals surface area (Å²) in [6.45, 7) is 3.91. The summed E-state index contributed by atoms with van der Waals surface area (Å²) in [6, 6.07) is 5.39. The van der Waals surface area contributed by atoms with Gasteiger partial charge in [-0.05, 0) is 31.5 Å². The van der Waals surface area contributed by atoms with E-state index in [4.69, 9.17) is 9.47 Å². The molecule has 1 aromatic carbocycles. The van der Waals surface area contributed by atoms with E-state index in [1.807, 2.05) is 26.0 Å². The average Bonchev–Trinajstić information content (AvgIpc) is 2.89. The lowest BCUT2D eigenvalue weighted by Gasteiger charge is -2.05.